The van der Waals surface area contributed by atoms with E-state index in [2.05, 4.69) is 9.97 Å². The zero-order valence-corrected chi connectivity index (χ0v) is 20.3. The largest absolute Gasteiger partial charge is 0.493 e. The van der Waals surface area contributed by atoms with Gasteiger partial charge in [-0.3, -0.25) is 14.4 Å². The minimum atomic E-state index is -0.668. The smallest absolute Gasteiger partial charge is 0.252 e. The summed E-state index contributed by atoms with van der Waals surface area (Å²) in [7, 11) is 5.67. The first kappa shape index (κ1) is 24.3. The Morgan fingerprint density at radius 1 is 0.806 bits per heavy atom. The Labute approximate surface area is 205 Å². The van der Waals surface area contributed by atoms with Crippen molar-refractivity contribution in [3.8, 4) is 39.8 Å². The van der Waals surface area contributed by atoms with Gasteiger partial charge in [0.1, 0.15) is 11.4 Å². The highest BCUT2D eigenvalue weighted by atomic mass is 16.5. The Kier molecular flexibility index (Phi) is 6.15. The van der Waals surface area contributed by atoms with Gasteiger partial charge in [0, 0.05) is 16.7 Å². The van der Waals surface area contributed by atoms with Crippen molar-refractivity contribution in [1.82, 2.24) is 9.97 Å². The van der Waals surface area contributed by atoms with E-state index < -0.39 is 17.1 Å². The number of nitrogen functional groups attached to an aromatic ring is 1. The van der Waals surface area contributed by atoms with Crippen molar-refractivity contribution >= 4 is 17.3 Å². The Bertz CT molecular complexity index is 1520. The van der Waals surface area contributed by atoms with E-state index in [0.717, 1.165) is 0 Å². The highest BCUT2D eigenvalue weighted by Gasteiger charge is 2.34. The quantitative estimate of drug-likeness (QED) is 0.464. The molecule has 0 unspecified atom stereocenters. The molecule has 11 nitrogen and oxygen atoms in total. The number of nitrogens with two attached hydrogens (primary N) is 2. The molecule has 2 aromatic heterocycles. The fourth-order valence-electron chi connectivity index (χ4n) is 4.20. The Hall–Kier alpha value is -4.80. The second-order valence-electron chi connectivity index (χ2n) is 7.82. The molecule has 0 saturated carbocycles. The van der Waals surface area contributed by atoms with Crippen molar-refractivity contribution in [3.05, 3.63) is 62.9 Å². The molecule has 0 bridgehead atoms. The first-order chi connectivity index (χ1) is 17.2. The van der Waals surface area contributed by atoms with E-state index in [1.807, 2.05) is 0 Å². The molecule has 0 atom stereocenters. The number of fused-ring (bicyclic) bond motifs is 1. The molecule has 0 amide bonds. The standard InChI is InChI=1S/C25H24N4O7/c1-10-15(11-7-9-14(33-2)23(35-4)22(11)34-3)16(26)19(29-25(10)32)13-8-6-12-18(28-13)21(31)17(27)24(36-5)20(12)30/h6-9H,26-27H2,1-5H3,(H,29,32). The van der Waals surface area contributed by atoms with E-state index in [1.54, 1.807) is 19.1 Å². The number of ketones is 2. The molecule has 0 radical (unpaired) electrons. The van der Waals surface area contributed by atoms with E-state index in [4.69, 9.17) is 30.4 Å². The van der Waals surface area contributed by atoms with Crippen LogP contribution in [-0.2, 0) is 4.74 Å². The van der Waals surface area contributed by atoms with Crippen molar-refractivity contribution < 1.29 is 28.5 Å². The zero-order chi connectivity index (χ0) is 26.3. The monoisotopic (exact) mass is 492 g/mol. The normalized spacial score (nSPS) is 12.9. The van der Waals surface area contributed by atoms with Crippen LogP contribution in [-0.4, -0.2) is 50.0 Å². The minimum absolute atomic E-state index is 0.0320. The van der Waals surface area contributed by atoms with Gasteiger partial charge in [-0.2, -0.15) is 0 Å². The number of Topliss-reactive ketones (excluding diaryl/α,β-unsaturated/α-hetero) is 2. The maximum absolute atomic E-state index is 13.0. The summed E-state index contributed by atoms with van der Waals surface area (Å²) >= 11 is 0. The number of hydrogen-bond acceptors (Lipinski definition) is 10. The molecule has 36 heavy (non-hydrogen) atoms. The fraction of sp³-hybridized carbons (Fsp3) is 0.200. The zero-order valence-electron chi connectivity index (χ0n) is 20.3. The van der Waals surface area contributed by atoms with Crippen LogP contribution in [0.25, 0.3) is 22.5 Å². The van der Waals surface area contributed by atoms with E-state index in [1.165, 1.54) is 40.6 Å². The number of pyridine rings is 2. The summed E-state index contributed by atoms with van der Waals surface area (Å²) in [5, 5.41) is 0. The van der Waals surface area contributed by atoms with Crippen LogP contribution in [0, 0.1) is 6.92 Å². The molecular weight excluding hydrogens is 468 g/mol. The summed E-state index contributed by atoms with van der Waals surface area (Å²) in [5.41, 5.74) is 13.1. The lowest BCUT2D eigenvalue weighted by Crippen LogP contribution is -2.28. The number of ether oxygens (including phenoxy) is 4. The van der Waals surface area contributed by atoms with Crippen molar-refractivity contribution in [2.24, 2.45) is 5.73 Å². The van der Waals surface area contributed by atoms with Crippen molar-refractivity contribution in [2.45, 2.75) is 6.92 Å². The summed E-state index contributed by atoms with van der Waals surface area (Å²) in [6.07, 6.45) is 0. The number of benzene rings is 1. The average Bonchev–Trinajstić information content (AvgIpc) is 2.89. The number of methoxy groups -OCH3 is 4. The summed E-state index contributed by atoms with van der Waals surface area (Å²) in [5.74, 6) is -0.409. The van der Waals surface area contributed by atoms with Crippen LogP contribution in [0.15, 0.2) is 40.5 Å². The summed E-state index contributed by atoms with van der Waals surface area (Å²) in [4.78, 5) is 45.5. The number of rotatable bonds is 6. The molecule has 0 fully saturated rings. The number of aromatic amines is 1. The molecule has 1 aliphatic rings. The predicted molar refractivity (Wildman–Crippen MR) is 131 cm³/mol. The van der Waals surface area contributed by atoms with Gasteiger partial charge in [0.2, 0.25) is 17.3 Å². The number of carbonyl (C=O) groups excluding carboxylic acids is 2. The highest BCUT2D eigenvalue weighted by molar-refractivity contribution is 6.25. The van der Waals surface area contributed by atoms with Gasteiger partial charge in [0.05, 0.1) is 51.1 Å². The van der Waals surface area contributed by atoms with Crippen LogP contribution >= 0.6 is 0 Å². The number of H-pyrrole nitrogens is 1. The van der Waals surface area contributed by atoms with E-state index in [0.29, 0.717) is 33.9 Å². The van der Waals surface area contributed by atoms with Gasteiger partial charge in [0.15, 0.2) is 17.3 Å². The van der Waals surface area contributed by atoms with Gasteiger partial charge in [0.25, 0.3) is 5.56 Å². The Morgan fingerprint density at radius 3 is 2.08 bits per heavy atom. The third-order valence-corrected chi connectivity index (χ3v) is 5.98. The lowest BCUT2D eigenvalue weighted by molar-refractivity contribution is 0.0902. The maximum Gasteiger partial charge on any atom is 0.252 e. The number of hydrogen-bond donors (Lipinski definition) is 3. The van der Waals surface area contributed by atoms with Gasteiger partial charge in [-0.15, -0.1) is 0 Å². The molecule has 11 heteroatoms. The molecule has 0 spiro atoms. The van der Waals surface area contributed by atoms with Crippen LogP contribution < -0.4 is 31.2 Å². The topological polar surface area (TPSA) is 169 Å². The number of nitrogens with one attached hydrogen (secondary N) is 1. The lowest BCUT2D eigenvalue weighted by atomic mass is 9.94. The number of carbonyl (C=O) groups is 2. The number of aromatic nitrogens is 2. The molecule has 0 aliphatic heterocycles. The average molecular weight is 492 g/mol. The molecule has 3 aromatic rings. The first-order valence-electron chi connectivity index (χ1n) is 10.7. The maximum atomic E-state index is 13.0. The number of nitrogens with zero attached hydrogens (tertiary/aromatic N) is 1. The number of anilines is 1. The van der Waals surface area contributed by atoms with Gasteiger partial charge in [-0.05, 0) is 31.2 Å². The molecule has 4 rings (SSSR count). The van der Waals surface area contributed by atoms with E-state index in [-0.39, 0.29) is 39.8 Å². The van der Waals surface area contributed by atoms with Crippen molar-refractivity contribution in [2.75, 3.05) is 34.2 Å². The van der Waals surface area contributed by atoms with Gasteiger partial charge < -0.3 is 35.4 Å². The summed E-state index contributed by atoms with van der Waals surface area (Å²) in [6.45, 7) is 1.62. The molecule has 0 saturated heterocycles. The fourth-order valence-corrected chi connectivity index (χ4v) is 4.20. The third kappa shape index (κ3) is 3.52. The van der Waals surface area contributed by atoms with Crippen molar-refractivity contribution in [1.29, 1.82) is 0 Å². The molecule has 5 N–H and O–H groups in total. The van der Waals surface area contributed by atoms with Crippen LogP contribution in [0.4, 0.5) is 5.69 Å². The lowest BCUT2D eigenvalue weighted by Gasteiger charge is -2.20. The molecule has 2 heterocycles. The van der Waals surface area contributed by atoms with Gasteiger partial charge in [-0.1, -0.05) is 0 Å². The molecule has 186 valence electrons. The van der Waals surface area contributed by atoms with Crippen LogP contribution in [0.3, 0.4) is 0 Å². The van der Waals surface area contributed by atoms with Crippen molar-refractivity contribution in [3.63, 3.8) is 0 Å². The van der Waals surface area contributed by atoms with E-state index in [9.17, 15) is 14.4 Å². The number of allylic oxidation sites excluding steroid dienone is 2. The highest BCUT2D eigenvalue weighted by Crippen LogP contribution is 2.47. The second kappa shape index (κ2) is 9.10. The molecule has 1 aromatic carbocycles. The predicted octanol–water partition coefficient (Wildman–Crippen LogP) is 2.22. The van der Waals surface area contributed by atoms with Gasteiger partial charge in [-0.25, -0.2) is 4.98 Å². The third-order valence-electron chi connectivity index (χ3n) is 5.98. The van der Waals surface area contributed by atoms with Crippen LogP contribution in [0.1, 0.15) is 26.4 Å². The Balaban J connectivity index is 1.97. The minimum Gasteiger partial charge on any atom is -0.493 e. The SMILES string of the molecule is COC1=C(N)C(=O)c2nc(-c3[nH]c(=O)c(C)c(-c4ccc(OC)c(OC)c4OC)c3N)ccc2C1=O. The van der Waals surface area contributed by atoms with E-state index >= 15 is 0 Å². The molecule has 1 aliphatic carbocycles. The first-order valence-corrected chi connectivity index (χ1v) is 10.7. The van der Waals surface area contributed by atoms with Crippen LogP contribution in [0.5, 0.6) is 17.2 Å². The Morgan fingerprint density at radius 2 is 1.47 bits per heavy atom. The van der Waals surface area contributed by atoms with Crippen LogP contribution in [0.2, 0.25) is 0 Å². The summed E-state index contributed by atoms with van der Waals surface area (Å²) < 4.78 is 21.4. The van der Waals surface area contributed by atoms with Gasteiger partial charge >= 0.3 is 0 Å². The second-order valence-corrected chi connectivity index (χ2v) is 7.82. The summed E-state index contributed by atoms with van der Waals surface area (Å²) in [6, 6.07) is 6.26. The molecular formula is C25H24N4O7.